The van der Waals surface area contributed by atoms with Crippen LogP contribution < -0.4 is 0 Å². The van der Waals surface area contributed by atoms with E-state index in [-0.39, 0.29) is 24.9 Å². The number of carbonyl (C=O) groups excluding carboxylic acids is 1. The number of hydrogen-bond acceptors (Lipinski definition) is 3. The number of aliphatic carboxylic acids is 1. The minimum absolute atomic E-state index is 0.0395. The van der Waals surface area contributed by atoms with Crippen molar-refractivity contribution in [1.29, 1.82) is 0 Å². The first kappa shape index (κ1) is 16.6. The Kier molecular flexibility index (Phi) is 8.03. The third-order valence-corrected chi connectivity index (χ3v) is 2.51. The number of ether oxygens (including phenoxy) is 1. The first-order valence-electron chi connectivity index (χ1n) is 6.15. The summed E-state index contributed by atoms with van der Waals surface area (Å²) in [5.41, 5.74) is 0. The molecule has 0 fully saturated rings. The zero-order valence-electron chi connectivity index (χ0n) is 11.4. The lowest BCUT2D eigenvalue weighted by Gasteiger charge is -2.28. The molecule has 0 aliphatic carbocycles. The molecule has 1 unspecified atom stereocenters. The molecular weight excluding hydrogens is 234 g/mol. The Morgan fingerprint density at radius 1 is 1.39 bits per heavy atom. The molecule has 0 heterocycles. The van der Waals surface area contributed by atoms with E-state index >= 15 is 0 Å². The smallest absolute Gasteiger partial charge is 0.305 e. The molecule has 0 aliphatic rings. The van der Waals surface area contributed by atoms with E-state index in [1.165, 1.54) is 4.90 Å². The summed E-state index contributed by atoms with van der Waals surface area (Å²) in [7, 11) is 0. The van der Waals surface area contributed by atoms with Crippen LogP contribution in [0.25, 0.3) is 0 Å². The van der Waals surface area contributed by atoms with Gasteiger partial charge in [-0.1, -0.05) is 6.08 Å². The van der Waals surface area contributed by atoms with Gasteiger partial charge in [0.1, 0.15) is 6.10 Å². The zero-order valence-corrected chi connectivity index (χ0v) is 11.4. The van der Waals surface area contributed by atoms with Crippen molar-refractivity contribution in [3.05, 3.63) is 12.7 Å². The maximum atomic E-state index is 12.1. The first-order valence-corrected chi connectivity index (χ1v) is 6.15. The van der Waals surface area contributed by atoms with Crippen molar-refractivity contribution in [2.75, 3.05) is 13.2 Å². The lowest BCUT2D eigenvalue weighted by atomic mass is 10.2. The van der Waals surface area contributed by atoms with Gasteiger partial charge in [-0.25, -0.2) is 0 Å². The van der Waals surface area contributed by atoms with E-state index in [0.717, 1.165) is 0 Å². The van der Waals surface area contributed by atoms with Crippen LogP contribution in [0.1, 0.15) is 33.6 Å². The van der Waals surface area contributed by atoms with Gasteiger partial charge in [-0.3, -0.25) is 9.59 Å². The Morgan fingerprint density at radius 3 is 2.44 bits per heavy atom. The van der Waals surface area contributed by atoms with Crippen molar-refractivity contribution >= 4 is 11.9 Å². The topological polar surface area (TPSA) is 66.8 Å². The van der Waals surface area contributed by atoms with Crippen molar-refractivity contribution < 1.29 is 19.4 Å². The Hall–Kier alpha value is -1.36. The maximum absolute atomic E-state index is 12.1. The largest absolute Gasteiger partial charge is 0.481 e. The molecule has 5 nitrogen and oxygen atoms in total. The molecule has 0 saturated heterocycles. The molecule has 104 valence electrons. The molecule has 0 rings (SSSR count). The Balaban J connectivity index is 4.35. The second kappa shape index (κ2) is 8.69. The Labute approximate surface area is 108 Å². The average molecular weight is 257 g/mol. The van der Waals surface area contributed by atoms with Crippen LogP contribution in [0.2, 0.25) is 0 Å². The summed E-state index contributed by atoms with van der Waals surface area (Å²) in [6.45, 7) is 9.63. The van der Waals surface area contributed by atoms with E-state index in [4.69, 9.17) is 9.84 Å². The predicted octanol–water partition coefficient (Wildman–Crippen LogP) is 1.68. The van der Waals surface area contributed by atoms with Crippen LogP contribution in [0.3, 0.4) is 0 Å². The van der Waals surface area contributed by atoms with Crippen LogP contribution in [0, 0.1) is 0 Å². The molecule has 0 aromatic heterocycles. The van der Waals surface area contributed by atoms with E-state index in [2.05, 4.69) is 6.58 Å². The van der Waals surface area contributed by atoms with E-state index in [1.54, 1.807) is 13.0 Å². The summed E-state index contributed by atoms with van der Waals surface area (Å²) in [4.78, 5) is 24.2. The molecular formula is C13H23NO4. The standard InChI is InChI=1S/C13H23NO4/c1-5-6-9-18-11(4)13(17)14(10(2)3)8-7-12(15)16/h5,10-11H,1,6-9H2,2-4H3,(H,15,16). The molecule has 1 N–H and O–H groups in total. The lowest BCUT2D eigenvalue weighted by molar-refractivity contribution is -0.145. The number of carbonyl (C=O) groups is 2. The molecule has 0 aliphatic heterocycles. The van der Waals surface area contributed by atoms with Gasteiger partial charge < -0.3 is 14.7 Å². The van der Waals surface area contributed by atoms with Crippen molar-refractivity contribution in [3.8, 4) is 0 Å². The summed E-state index contributed by atoms with van der Waals surface area (Å²) in [6.07, 6.45) is 1.81. The molecule has 0 saturated carbocycles. The predicted molar refractivity (Wildman–Crippen MR) is 69.3 cm³/mol. The van der Waals surface area contributed by atoms with E-state index in [1.807, 2.05) is 13.8 Å². The highest BCUT2D eigenvalue weighted by atomic mass is 16.5. The van der Waals surface area contributed by atoms with Crippen molar-refractivity contribution in [3.63, 3.8) is 0 Å². The van der Waals surface area contributed by atoms with Gasteiger partial charge in [0.05, 0.1) is 13.0 Å². The SMILES string of the molecule is C=CCCOC(C)C(=O)N(CCC(=O)O)C(C)C. The number of rotatable bonds is 9. The quantitative estimate of drug-likeness (QED) is 0.504. The van der Waals surface area contributed by atoms with Gasteiger partial charge in [-0.2, -0.15) is 0 Å². The van der Waals surface area contributed by atoms with Gasteiger partial charge in [0.15, 0.2) is 0 Å². The molecule has 0 aromatic rings. The second-order valence-corrected chi connectivity index (χ2v) is 4.36. The van der Waals surface area contributed by atoms with Gasteiger partial charge in [0, 0.05) is 12.6 Å². The number of carboxylic acids is 1. The number of carboxylic acid groups (broad SMARTS) is 1. The minimum atomic E-state index is -0.909. The van der Waals surface area contributed by atoms with Crippen molar-refractivity contribution in [2.24, 2.45) is 0 Å². The average Bonchev–Trinajstić information content (AvgIpc) is 2.28. The maximum Gasteiger partial charge on any atom is 0.305 e. The summed E-state index contributed by atoms with van der Waals surface area (Å²) in [5.74, 6) is -1.08. The van der Waals surface area contributed by atoms with Crippen LogP contribution in [0.5, 0.6) is 0 Å². The monoisotopic (exact) mass is 257 g/mol. The van der Waals surface area contributed by atoms with Gasteiger partial charge >= 0.3 is 5.97 Å². The number of nitrogens with zero attached hydrogens (tertiary/aromatic N) is 1. The Morgan fingerprint density at radius 2 is 2.00 bits per heavy atom. The fraction of sp³-hybridized carbons (Fsp3) is 0.692. The lowest BCUT2D eigenvalue weighted by Crippen LogP contribution is -2.44. The molecule has 0 spiro atoms. The van der Waals surface area contributed by atoms with Crippen LogP contribution in [0.15, 0.2) is 12.7 Å². The fourth-order valence-electron chi connectivity index (χ4n) is 1.47. The minimum Gasteiger partial charge on any atom is -0.481 e. The highest BCUT2D eigenvalue weighted by molar-refractivity contribution is 5.81. The second-order valence-electron chi connectivity index (χ2n) is 4.36. The van der Waals surface area contributed by atoms with Crippen LogP contribution in [-0.4, -0.2) is 47.2 Å². The highest BCUT2D eigenvalue weighted by Crippen LogP contribution is 2.06. The summed E-state index contributed by atoms with van der Waals surface area (Å²) in [5, 5.41) is 8.66. The Bertz CT molecular complexity index is 289. The number of hydrogen-bond donors (Lipinski definition) is 1. The molecule has 0 radical (unpaired) electrons. The fourth-order valence-corrected chi connectivity index (χ4v) is 1.47. The van der Waals surface area contributed by atoms with E-state index < -0.39 is 12.1 Å². The van der Waals surface area contributed by atoms with Crippen molar-refractivity contribution in [1.82, 2.24) is 4.90 Å². The third kappa shape index (κ3) is 6.39. The van der Waals surface area contributed by atoms with Crippen molar-refractivity contribution in [2.45, 2.75) is 45.8 Å². The van der Waals surface area contributed by atoms with Gasteiger partial charge in [-0.15, -0.1) is 6.58 Å². The van der Waals surface area contributed by atoms with E-state index in [0.29, 0.717) is 13.0 Å². The molecule has 1 amide bonds. The molecule has 0 bridgehead atoms. The molecule has 0 aromatic carbocycles. The molecule has 1 atom stereocenters. The number of amides is 1. The molecule has 18 heavy (non-hydrogen) atoms. The van der Waals surface area contributed by atoms with E-state index in [9.17, 15) is 9.59 Å². The summed E-state index contributed by atoms with van der Waals surface area (Å²) < 4.78 is 5.37. The zero-order chi connectivity index (χ0) is 14.1. The van der Waals surface area contributed by atoms with Gasteiger partial charge in [-0.05, 0) is 27.2 Å². The van der Waals surface area contributed by atoms with Crippen LogP contribution >= 0.6 is 0 Å². The molecule has 5 heteroatoms. The normalized spacial score (nSPS) is 12.2. The summed E-state index contributed by atoms with van der Waals surface area (Å²) >= 11 is 0. The summed E-state index contributed by atoms with van der Waals surface area (Å²) in [6, 6.07) is -0.0395. The van der Waals surface area contributed by atoms with Gasteiger partial charge in [0.2, 0.25) is 0 Å². The highest BCUT2D eigenvalue weighted by Gasteiger charge is 2.23. The van der Waals surface area contributed by atoms with Gasteiger partial charge in [0.25, 0.3) is 5.91 Å². The first-order chi connectivity index (χ1) is 8.40. The third-order valence-electron chi connectivity index (χ3n) is 2.51. The van der Waals surface area contributed by atoms with Crippen LogP contribution in [-0.2, 0) is 14.3 Å². The van der Waals surface area contributed by atoms with Crippen LogP contribution in [0.4, 0.5) is 0 Å².